The molecule has 5 nitrogen and oxygen atoms in total. The average molecular weight is 465 g/mol. The molecule has 0 heterocycles. The number of hydrogen-bond acceptors (Lipinski definition) is 4. The first-order chi connectivity index (χ1) is 14.9. The predicted octanol–water partition coefficient (Wildman–Crippen LogP) is 5.01. The molecule has 0 radical (unpaired) electrons. The quantitative estimate of drug-likeness (QED) is 0.497. The van der Waals surface area contributed by atoms with Gasteiger partial charge in [-0.3, -0.25) is 4.55 Å². The molecule has 0 aromatic heterocycles. The summed E-state index contributed by atoms with van der Waals surface area (Å²) in [6, 6.07) is 12.6. The summed E-state index contributed by atoms with van der Waals surface area (Å²) in [6.07, 6.45) is 5.40. The van der Waals surface area contributed by atoms with E-state index in [-0.39, 0.29) is 12.0 Å². The van der Waals surface area contributed by atoms with Crippen molar-refractivity contribution < 1.29 is 31.3 Å². The molecule has 8 heteroatoms. The fourth-order valence-corrected chi connectivity index (χ4v) is 7.54. The molecule has 0 saturated heterocycles. The summed E-state index contributed by atoms with van der Waals surface area (Å²) in [6.45, 7) is 1.83. The molecule has 2 aromatic carbocycles. The standard InChI is InChI=1S/C24H26F2O5S/c1-15-4-2-6-19-18(15)5-3-7-20(19)23-11-16-8-17(12-23)10-22(9-16,13-23)14-31-21(27)24(25,26)32(28,29)30/h2-7,16-17H,8-14H2,1H3,(H,28,29,30). The number of carbonyl (C=O) groups is 1. The van der Waals surface area contributed by atoms with Crippen LogP contribution in [0.3, 0.4) is 0 Å². The van der Waals surface area contributed by atoms with Gasteiger partial charge in [-0.2, -0.15) is 17.2 Å². The van der Waals surface area contributed by atoms with Gasteiger partial charge in [-0.25, -0.2) is 4.79 Å². The van der Waals surface area contributed by atoms with E-state index in [1.54, 1.807) is 0 Å². The van der Waals surface area contributed by atoms with Crippen LogP contribution >= 0.6 is 0 Å². The molecule has 2 atom stereocenters. The molecule has 172 valence electrons. The van der Waals surface area contributed by atoms with Gasteiger partial charge in [0.15, 0.2) is 0 Å². The first-order valence-electron chi connectivity index (χ1n) is 11.0. The molecule has 0 aliphatic heterocycles. The minimum Gasteiger partial charge on any atom is -0.460 e. The van der Waals surface area contributed by atoms with Gasteiger partial charge in [0.05, 0.1) is 6.61 Å². The van der Waals surface area contributed by atoms with Crippen LogP contribution in [0.4, 0.5) is 8.78 Å². The molecule has 2 unspecified atom stereocenters. The van der Waals surface area contributed by atoms with E-state index >= 15 is 0 Å². The van der Waals surface area contributed by atoms with Crippen molar-refractivity contribution in [2.45, 2.75) is 56.1 Å². The van der Waals surface area contributed by atoms with Crippen molar-refractivity contribution in [2.24, 2.45) is 17.3 Å². The van der Waals surface area contributed by atoms with Crippen LogP contribution in [-0.4, -0.2) is 30.8 Å². The van der Waals surface area contributed by atoms with E-state index in [1.807, 2.05) is 0 Å². The van der Waals surface area contributed by atoms with E-state index in [0.29, 0.717) is 18.3 Å². The summed E-state index contributed by atoms with van der Waals surface area (Å²) in [5.74, 6) is -1.38. The van der Waals surface area contributed by atoms with E-state index < -0.39 is 26.8 Å². The van der Waals surface area contributed by atoms with Crippen LogP contribution in [0.2, 0.25) is 0 Å². The number of alkyl halides is 2. The highest BCUT2D eigenvalue weighted by atomic mass is 32.2. The smallest absolute Gasteiger partial charge is 0.460 e. The van der Waals surface area contributed by atoms with Crippen LogP contribution in [0.25, 0.3) is 10.8 Å². The second-order valence-electron chi connectivity index (χ2n) is 10.3. The lowest BCUT2D eigenvalue weighted by molar-refractivity contribution is -0.173. The number of rotatable bonds is 5. The Bertz CT molecular complexity index is 1190. The van der Waals surface area contributed by atoms with Crippen molar-refractivity contribution in [3.8, 4) is 0 Å². The van der Waals surface area contributed by atoms with Gasteiger partial charge in [-0.05, 0) is 84.6 Å². The zero-order valence-electron chi connectivity index (χ0n) is 17.8. The third-order valence-electron chi connectivity index (χ3n) is 7.96. The molecule has 0 spiro atoms. The summed E-state index contributed by atoms with van der Waals surface area (Å²) < 4.78 is 62.9. The van der Waals surface area contributed by atoms with Gasteiger partial charge in [0.1, 0.15) is 0 Å². The van der Waals surface area contributed by atoms with Gasteiger partial charge < -0.3 is 4.74 Å². The Hall–Kier alpha value is -2.06. The largest absolute Gasteiger partial charge is 0.465 e. The molecule has 32 heavy (non-hydrogen) atoms. The summed E-state index contributed by atoms with van der Waals surface area (Å²) in [4.78, 5) is 11.9. The predicted molar refractivity (Wildman–Crippen MR) is 115 cm³/mol. The molecule has 4 aliphatic rings. The highest BCUT2D eigenvalue weighted by molar-refractivity contribution is 7.87. The summed E-state index contributed by atoms with van der Waals surface area (Å²) in [7, 11) is -5.87. The van der Waals surface area contributed by atoms with Crippen LogP contribution in [0.5, 0.6) is 0 Å². The molecule has 4 aliphatic carbocycles. The number of esters is 1. The van der Waals surface area contributed by atoms with Gasteiger partial charge in [0.2, 0.25) is 0 Å². The number of carbonyl (C=O) groups excluding carboxylic acids is 1. The van der Waals surface area contributed by atoms with Crippen LogP contribution < -0.4 is 0 Å². The molecule has 4 saturated carbocycles. The van der Waals surface area contributed by atoms with E-state index in [4.69, 9.17) is 9.29 Å². The zero-order chi connectivity index (χ0) is 22.9. The van der Waals surface area contributed by atoms with Crippen LogP contribution in [0, 0.1) is 24.2 Å². The Morgan fingerprint density at radius 2 is 1.72 bits per heavy atom. The Kier molecular flexibility index (Phi) is 4.74. The van der Waals surface area contributed by atoms with Gasteiger partial charge in [0.25, 0.3) is 0 Å². The van der Waals surface area contributed by atoms with Crippen LogP contribution in [0.1, 0.15) is 49.7 Å². The normalized spacial score (nSPS) is 31.8. The van der Waals surface area contributed by atoms with Crippen LogP contribution in [0.15, 0.2) is 36.4 Å². The van der Waals surface area contributed by atoms with Crippen molar-refractivity contribution in [1.29, 1.82) is 0 Å². The molecule has 0 amide bonds. The van der Waals surface area contributed by atoms with Crippen molar-refractivity contribution >= 4 is 26.9 Å². The zero-order valence-corrected chi connectivity index (χ0v) is 18.6. The van der Waals surface area contributed by atoms with Crippen molar-refractivity contribution in [2.75, 3.05) is 6.61 Å². The summed E-state index contributed by atoms with van der Waals surface area (Å²) in [5, 5.41) is -2.55. The number of aryl methyl sites for hydroxylation is 1. The van der Waals surface area contributed by atoms with Gasteiger partial charge >= 0.3 is 21.3 Å². The second kappa shape index (κ2) is 6.97. The molecule has 2 aromatic rings. The monoisotopic (exact) mass is 464 g/mol. The molecule has 4 bridgehead atoms. The number of fused-ring (bicyclic) bond motifs is 1. The maximum atomic E-state index is 13.7. The fourth-order valence-electron chi connectivity index (χ4n) is 7.27. The molecule has 6 rings (SSSR count). The lowest BCUT2D eigenvalue weighted by Gasteiger charge is -2.62. The highest BCUT2D eigenvalue weighted by Gasteiger charge is 2.60. The number of ether oxygens (including phenoxy) is 1. The van der Waals surface area contributed by atoms with Gasteiger partial charge in [0, 0.05) is 5.41 Å². The Balaban J connectivity index is 1.48. The number of benzene rings is 2. The van der Waals surface area contributed by atoms with Crippen molar-refractivity contribution in [3.63, 3.8) is 0 Å². The van der Waals surface area contributed by atoms with Crippen LogP contribution in [-0.2, 0) is 25.1 Å². The maximum Gasteiger partial charge on any atom is 0.465 e. The number of hydrogen-bond donors (Lipinski definition) is 1. The van der Waals surface area contributed by atoms with E-state index in [2.05, 4.69) is 43.3 Å². The molecule has 4 fully saturated rings. The Labute approximate surface area is 185 Å². The maximum absolute atomic E-state index is 13.7. The van der Waals surface area contributed by atoms with Crippen molar-refractivity contribution in [3.05, 3.63) is 47.5 Å². The first-order valence-corrected chi connectivity index (χ1v) is 12.4. The lowest BCUT2D eigenvalue weighted by Crippen LogP contribution is -2.56. The van der Waals surface area contributed by atoms with Gasteiger partial charge in [-0.1, -0.05) is 36.4 Å². The Morgan fingerprint density at radius 3 is 2.38 bits per heavy atom. The SMILES string of the molecule is Cc1cccc2c(C34CC5CC(CC(COC(=O)C(F)(F)S(=O)(=O)O)(C5)C3)C4)cccc12. The second-order valence-corrected chi connectivity index (χ2v) is 11.7. The van der Waals surface area contributed by atoms with E-state index in [1.165, 1.54) is 21.9 Å². The first kappa shape index (κ1) is 21.8. The van der Waals surface area contributed by atoms with E-state index in [9.17, 15) is 22.0 Å². The highest BCUT2D eigenvalue weighted by Crippen LogP contribution is 2.66. The molecular formula is C24H26F2O5S. The molecular weight excluding hydrogens is 438 g/mol. The van der Waals surface area contributed by atoms with Gasteiger partial charge in [-0.15, -0.1) is 0 Å². The van der Waals surface area contributed by atoms with E-state index in [0.717, 1.165) is 32.1 Å². The Morgan fingerprint density at radius 1 is 1.09 bits per heavy atom. The summed E-state index contributed by atoms with van der Waals surface area (Å²) >= 11 is 0. The third-order valence-corrected chi connectivity index (χ3v) is 8.78. The minimum absolute atomic E-state index is 0.116. The van der Waals surface area contributed by atoms with Crippen molar-refractivity contribution in [1.82, 2.24) is 0 Å². The fraction of sp³-hybridized carbons (Fsp3) is 0.542. The topological polar surface area (TPSA) is 80.7 Å². The minimum atomic E-state index is -5.87. The number of halogens is 2. The molecule has 1 N–H and O–H groups in total. The summed E-state index contributed by atoms with van der Waals surface area (Å²) in [5.41, 5.74) is 1.90. The third kappa shape index (κ3) is 3.25. The lowest BCUT2D eigenvalue weighted by atomic mass is 9.43. The average Bonchev–Trinajstić information content (AvgIpc) is 2.70.